The number of amides is 1. The van der Waals surface area contributed by atoms with Crippen molar-refractivity contribution in [3.63, 3.8) is 0 Å². The highest BCUT2D eigenvalue weighted by atomic mass is 32.2. The second-order valence-corrected chi connectivity index (χ2v) is 8.73. The monoisotopic (exact) mass is 336 g/mol. The zero-order chi connectivity index (χ0) is 16.6. The Morgan fingerprint density at radius 2 is 2.04 bits per heavy atom. The molecule has 0 unspecified atom stereocenters. The van der Waals surface area contributed by atoms with Crippen molar-refractivity contribution in [3.05, 3.63) is 23.8 Å². The summed E-state index contributed by atoms with van der Waals surface area (Å²) in [4.78, 5) is 12.5. The fraction of sp³-hybridized carbons (Fsp3) is 0.588. The van der Waals surface area contributed by atoms with Crippen LogP contribution in [0.2, 0.25) is 0 Å². The van der Waals surface area contributed by atoms with Crippen molar-refractivity contribution in [1.29, 1.82) is 0 Å². The summed E-state index contributed by atoms with van der Waals surface area (Å²) in [5.41, 5.74) is 1.20. The zero-order valence-corrected chi connectivity index (χ0v) is 14.4. The van der Waals surface area contributed by atoms with E-state index < -0.39 is 10.0 Å². The number of nitrogens with one attached hydrogen (secondary N) is 2. The van der Waals surface area contributed by atoms with Gasteiger partial charge in [0.15, 0.2) is 0 Å². The lowest BCUT2D eigenvalue weighted by Gasteiger charge is -2.21. The predicted octanol–water partition coefficient (Wildman–Crippen LogP) is 2.67. The van der Waals surface area contributed by atoms with Crippen LogP contribution in [0.5, 0.6) is 0 Å². The molecule has 2 aliphatic rings. The topological polar surface area (TPSA) is 75.3 Å². The summed E-state index contributed by atoms with van der Waals surface area (Å²) in [5.74, 6) is 2.02. The minimum Gasteiger partial charge on any atom is -0.326 e. The van der Waals surface area contributed by atoms with E-state index in [1.165, 1.54) is 38.8 Å². The number of hydrogen-bond donors (Lipinski definition) is 2. The van der Waals surface area contributed by atoms with Gasteiger partial charge in [-0.2, -0.15) is 0 Å². The molecule has 23 heavy (non-hydrogen) atoms. The number of aryl methyl sites for hydroxylation is 1. The van der Waals surface area contributed by atoms with E-state index in [0.717, 1.165) is 5.92 Å². The first-order valence-electron chi connectivity index (χ1n) is 8.23. The van der Waals surface area contributed by atoms with Crippen LogP contribution in [-0.2, 0) is 14.8 Å². The molecule has 2 saturated carbocycles. The first-order valence-corrected chi connectivity index (χ1v) is 9.71. The van der Waals surface area contributed by atoms with E-state index >= 15 is 0 Å². The maximum atomic E-state index is 12.3. The Morgan fingerprint density at radius 1 is 1.26 bits per heavy atom. The molecule has 0 saturated heterocycles. The van der Waals surface area contributed by atoms with Crippen LogP contribution in [0.3, 0.4) is 0 Å². The molecule has 1 amide bonds. The van der Waals surface area contributed by atoms with Gasteiger partial charge in [0.25, 0.3) is 0 Å². The van der Waals surface area contributed by atoms with Crippen LogP contribution in [-0.4, -0.2) is 21.4 Å². The number of hydrogen-bond acceptors (Lipinski definition) is 3. The molecule has 5 nitrogen and oxygen atoms in total. The molecule has 0 radical (unpaired) electrons. The van der Waals surface area contributed by atoms with Gasteiger partial charge in [0, 0.05) is 12.1 Å². The van der Waals surface area contributed by atoms with Crippen molar-refractivity contribution in [1.82, 2.24) is 4.72 Å². The first kappa shape index (κ1) is 16.5. The van der Waals surface area contributed by atoms with Gasteiger partial charge in [-0.15, -0.1) is 0 Å². The number of carbonyl (C=O) groups excluding carboxylic acids is 1. The zero-order valence-electron chi connectivity index (χ0n) is 13.6. The van der Waals surface area contributed by atoms with Gasteiger partial charge < -0.3 is 5.32 Å². The lowest BCUT2D eigenvalue weighted by Crippen LogP contribution is -2.22. The normalized spacial score (nSPS) is 26.4. The van der Waals surface area contributed by atoms with Crippen LogP contribution in [0.25, 0.3) is 0 Å². The van der Waals surface area contributed by atoms with E-state index in [9.17, 15) is 13.2 Å². The van der Waals surface area contributed by atoms with E-state index in [4.69, 9.17) is 0 Å². The van der Waals surface area contributed by atoms with Crippen molar-refractivity contribution >= 4 is 21.6 Å². The van der Waals surface area contributed by atoms with E-state index in [0.29, 0.717) is 29.5 Å². The van der Waals surface area contributed by atoms with Crippen LogP contribution in [0.15, 0.2) is 23.1 Å². The number of fused-ring (bicyclic) bond motifs is 2. The third-order valence-electron chi connectivity index (χ3n) is 5.36. The molecule has 6 heteroatoms. The second-order valence-electron chi connectivity index (χ2n) is 6.88. The van der Waals surface area contributed by atoms with Crippen molar-refractivity contribution in [3.8, 4) is 0 Å². The molecule has 0 spiro atoms. The molecule has 3 atom stereocenters. The lowest BCUT2D eigenvalue weighted by molar-refractivity contribution is -0.117. The Morgan fingerprint density at radius 3 is 2.65 bits per heavy atom. The molecule has 1 aromatic rings. The maximum absolute atomic E-state index is 12.3. The van der Waals surface area contributed by atoms with Crippen LogP contribution >= 0.6 is 0 Å². The molecule has 0 aromatic heterocycles. The fourth-order valence-corrected chi connectivity index (χ4v) is 5.15. The van der Waals surface area contributed by atoms with Crippen molar-refractivity contribution in [2.75, 3.05) is 12.4 Å². The standard InChI is InChI=1S/C17H24N2O3S/c1-11-3-6-15(10-16(11)23(21,22)18-2)19-17(20)9-14-8-12-4-5-13(14)7-12/h3,6,10,12-14,18H,4-5,7-9H2,1-2H3,(H,19,20)/t12-,13-,14+/m1/s1. The van der Waals surface area contributed by atoms with E-state index in [2.05, 4.69) is 10.0 Å². The summed E-state index contributed by atoms with van der Waals surface area (Å²) >= 11 is 0. The maximum Gasteiger partial charge on any atom is 0.240 e. The Hall–Kier alpha value is -1.40. The van der Waals surface area contributed by atoms with Crippen LogP contribution in [0.4, 0.5) is 5.69 Å². The average molecular weight is 336 g/mol. The first-order chi connectivity index (χ1) is 10.9. The lowest BCUT2D eigenvalue weighted by atomic mass is 9.86. The van der Waals surface area contributed by atoms with Crippen LogP contribution in [0, 0.1) is 24.7 Å². The summed E-state index contributed by atoms with van der Waals surface area (Å²) in [6.45, 7) is 1.74. The highest BCUT2D eigenvalue weighted by Gasteiger charge is 2.40. The summed E-state index contributed by atoms with van der Waals surface area (Å²) in [6, 6.07) is 5.00. The molecule has 2 bridgehead atoms. The van der Waals surface area contributed by atoms with E-state index in [1.54, 1.807) is 19.1 Å². The summed E-state index contributed by atoms with van der Waals surface area (Å²) < 4.78 is 26.3. The highest BCUT2D eigenvalue weighted by Crippen LogP contribution is 2.49. The van der Waals surface area contributed by atoms with Gasteiger partial charge in [0.2, 0.25) is 15.9 Å². The summed E-state index contributed by atoms with van der Waals surface area (Å²) in [6.07, 6.45) is 5.59. The van der Waals surface area contributed by atoms with Crippen molar-refractivity contribution < 1.29 is 13.2 Å². The molecule has 3 rings (SSSR count). The number of sulfonamides is 1. The highest BCUT2D eigenvalue weighted by molar-refractivity contribution is 7.89. The second kappa shape index (κ2) is 6.24. The van der Waals surface area contributed by atoms with Crippen LogP contribution in [0.1, 0.15) is 37.7 Å². The van der Waals surface area contributed by atoms with Crippen molar-refractivity contribution in [2.24, 2.45) is 17.8 Å². The number of carbonyl (C=O) groups is 1. The molecule has 126 valence electrons. The smallest absolute Gasteiger partial charge is 0.240 e. The van der Waals surface area contributed by atoms with Gasteiger partial charge in [0.1, 0.15) is 0 Å². The molecule has 0 aliphatic heterocycles. The summed E-state index contributed by atoms with van der Waals surface area (Å²) in [7, 11) is -2.13. The SMILES string of the molecule is CNS(=O)(=O)c1cc(NC(=O)C[C@@H]2C[C@@H]3CC[C@@H]2C3)ccc1C. The molecular formula is C17H24N2O3S. The summed E-state index contributed by atoms with van der Waals surface area (Å²) in [5, 5.41) is 2.86. The van der Waals surface area contributed by atoms with Gasteiger partial charge in [-0.25, -0.2) is 13.1 Å². The molecule has 2 N–H and O–H groups in total. The molecule has 2 aliphatic carbocycles. The predicted molar refractivity (Wildman–Crippen MR) is 89.6 cm³/mol. The Balaban J connectivity index is 1.68. The van der Waals surface area contributed by atoms with Gasteiger partial charge >= 0.3 is 0 Å². The van der Waals surface area contributed by atoms with E-state index in [-0.39, 0.29) is 10.8 Å². The minimum atomic E-state index is -3.52. The minimum absolute atomic E-state index is 0.0146. The molecule has 1 aromatic carbocycles. The van der Waals surface area contributed by atoms with Crippen molar-refractivity contribution in [2.45, 2.75) is 43.9 Å². The molecule has 0 heterocycles. The quantitative estimate of drug-likeness (QED) is 0.868. The fourth-order valence-electron chi connectivity index (χ4n) is 4.15. The third kappa shape index (κ3) is 3.43. The molecule has 2 fully saturated rings. The average Bonchev–Trinajstić information content (AvgIpc) is 3.11. The Bertz CT molecular complexity index is 715. The molecular weight excluding hydrogens is 312 g/mol. The Labute approximate surface area is 137 Å². The largest absolute Gasteiger partial charge is 0.326 e. The number of benzene rings is 1. The van der Waals surface area contributed by atoms with Gasteiger partial charge in [-0.3, -0.25) is 4.79 Å². The Kier molecular flexibility index (Phi) is 4.47. The van der Waals surface area contributed by atoms with Gasteiger partial charge in [-0.1, -0.05) is 12.5 Å². The number of rotatable bonds is 5. The van der Waals surface area contributed by atoms with Gasteiger partial charge in [-0.05, 0) is 68.7 Å². The van der Waals surface area contributed by atoms with Gasteiger partial charge in [0.05, 0.1) is 4.90 Å². The number of anilines is 1. The third-order valence-corrected chi connectivity index (χ3v) is 6.92. The van der Waals surface area contributed by atoms with Crippen LogP contribution < -0.4 is 10.0 Å². The van der Waals surface area contributed by atoms with E-state index in [1.807, 2.05) is 0 Å².